The minimum atomic E-state index is -4.34. The molecule has 2 aromatic carbocycles. The Kier molecular flexibility index (Phi) is 8.79. The Balaban J connectivity index is 1.57. The van der Waals surface area contributed by atoms with Crippen LogP contribution in [0, 0.1) is 0 Å². The van der Waals surface area contributed by atoms with Crippen molar-refractivity contribution in [1.29, 1.82) is 0 Å². The van der Waals surface area contributed by atoms with Crippen LogP contribution in [0.25, 0.3) is 0 Å². The lowest BCUT2D eigenvalue weighted by Crippen LogP contribution is -2.33. The summed E-state index contributed by atoms with van der Waals surface area (Å²) >= 11 is 6.38. The Morgan fingerprint density at radius 2 is 1.81 bits per heavy atom. The molecule has 176 valence electrons. The largest absolute Gasteiger partial charge is 0.491 e. The Labute approximate surface area is 189 Å². The number of ether oxygens (including phenoxy) is 3. The average molecular weight is 475 g/mol. The van der Waals surface area contributed by atoms with Crippen molar-refractivity contribution in [3.63, 3.8) is 0 Å². The van der Waals surface area contributed by atoms with Crippen molar-refractivity contribution >= 4 is 11.6 Å². The van der Waals surface area contributed by atoms with Gasteiger partial charge in [-0.1, -0.05) is 35.9 Å². The van der Waals surface area contributed by atoms with E-state index in [1.807, 2.05) is 24.3 Å². The zero-order chi connectivity index (χ0) is 23.1. The van der Waals surface area contributed by atoms with E-state index in [0.29, 0.717) is 30.0 Å². The fraction of sp³-hybridized carbons (Fsp3) is 0.478. The molecule has 0 unspecified atom stereocenters. The zero-order valence-electron chi connectivity index (χ0n) is 17.4. The third-order valence-corrected chi connectivity index (χ3v) is 5.47. The minimum Gasteiger partial charge on any atom is -0.491 e. The quantitative estimate of drug-likeness (QED) is 0.525. The lowest BCUT2D eigenvalue weighted by Gasteiger charge is -2.32. The molecule has 1 heterocycles. The highest BCUT2D eigenvalue weighted by Gasteiger charge is 2.29. The third-order valence-electron chi connectivity index (χ3n) is 5.10. The second-order valence-electron chi connectivity index (χ2n) is 7.74. The van der Waals surface area contributed by atoms with E-state index in [9.17, 15) is 23.4 Å². The van der Waals surface area contributed by atoms with Crippen molar-refractivity contribution in [3.8, 4) is 5.75 Å². The van der Waals surface area contributed by atoms with Gasteiger partial charge in [-0.25, -0.2) is 0 Å². The van der Waals surface area contributed by atoms with Crippen molar-refractivity contribution < 1.29 is 37.6 Å². The van der Waals surface area contributed by atoms with Crippen molar-refractivity contribution in [1.82, 2.24) is 0 Å². The van der Waals surface area contributed by atoms with Gasteiger partial charge in [0.05, 0.1) is 31.5 Å². The van der Waals surface area contributed by atoms with Crippen LogP contribution in [0.5, 0.6) is 5.75 Å². The molecule has 0 spiro atoms. The van der Waals surface area contributed by atoms with Crippen LogP contribution < -0.4 is 4.74 Å². The number of aliphatic hydroxyl groups excluding tert-OH is 2. The first-order valence-electron chi connectivity index (χ1n) is 10.3. The summed E-state index contributed by atoms with van der Waals surface area (Å²) in [5.74, 6) is 0.531. The number of halogens is 4. The third kappa shape index (κ3) is 7.64. The predicted octanol–water partition coefficient (Wildman–Crippen LogP) is 4.46. The van der Waals surface area contributed by atoms with Crippen molar-refractivity contribution in [2.24, 2.45) is 0 Å². The van der Waals surface area contributed by atoms with Gasteiger partial charge in [-0.2, -0.15) is 13.2 Å². The lowest BCUT2D eigenvalue weighted by molar-refractivity contribution is -0.175. The summed E-state index contributed by atoms with van der Waals surface area (Å²) in [4.78, 5) is 0. The molecule has 3 rings (SSSR count). The van der Waals surface area contributed by atoms with Gasteiger partial charge < -0.3 is 24.4 Å². The second kappa shape index (κ2) is 11.3. The molecule has 1 saturated heterocycles. The van der Waals surface area contributed by atoms with Crippen LogP contribution >= 0.6 is 11.6 Å². The summed E-state index contributed by atoms with van der Waals surface area (Å²) in [6, 6.07) is 12.8. The van der Waals surface area contributed by atoms with Gasteiger partial charge in [-0.15, -0.1) is 0 Å². The first-order chi connectivity index (χ1) is 15.2. The number of rotatable bonds is 9. The van der Waals surface area contributed by atoms with Crippen LogP contribution in [0.2, 0.25) is 5.02 Å². The smallest absolute Gasteiger partial charge is 0.411 e. The van der Waals surface area contributed by atoms with Gasteiger partial charge in [0.1, 0.15) is 19.0 Å². The Morgan fingerprint density at radius 3 is 2.50 bits per heavy atom. The number of benzene rings is 2. The molecule has 0 aliphatic carbocycles. The van der Waals surface area contributed by atoms with Crippen molar-refractivity contribution in [2.75, 3.05) is 26.4 Å². The summed E-state index contributed by atoms with van der Waals surface area (Å²) in [6.07, 6.45) is -4.16. The van der Waals surface area contributed by atoms with Gasteiger partial charge in [0, 0.05) is 17.9 Å². The fourth-order valence-electron chi connectivity index (χ4n) is 3.58. The maximum Gasteiger partial charge on any atom is 0.411 e. The number of hydrogen-bond donors (Lipinski definition) is 2. The Hall–Kier alpha value is -1.84. The molecule has 1 aliphatic rings. The Morgan fingerprint density at radius 1 is 1.06 bits per heavy atom. The molecule has 2 aromatic rings. The lowest BCUT2D eigenvalue weighted by atomic mass is 9.94. The van der Waals surface area contributed by atoms with Crippen LogP contribution in [0.3, 0.4) is 0 Å². The molecule has 0 amide bonds. The van der Waals surface area contributed by atoms with Crippen molar-refractivity contribution in [2.45, 2.75) is 43.8 Å². The molecule has 0 saturated carbocycles. The highest BCUT2D eigenvalue weighted by atomic mass is 35.5. The fourth-order valence-corrected chi connectivity index (χ4v) is 3.77. The van der Waals surface area contributed by atoms with Gasteiger partial charge in [-0.3, -0.25) is 0 Å². The van der Waals surface area contributed by atoms with E-state index in [-0.39, 0.29) is 25.9 Å². The molecule has 3 atom stereocenters. The van der Waals surface area contributed by atoms with E-state index in [4.69, 9.17) is 21.1 Å². The van der Waals surface area contributed by atoms with E-state index in [1.165, 1.54) is 0 Å². The van der Waals surface area contributed by atoms with Crippen LogP contribution in [0.1, 0.15) is 35.6 Å². The minimum absolute atomic E-state index is 0.0192. The number of aliphatic hydroxyl groups is 2. The van der Waals surface area contributed by atoms with E-state index < -0.39 is 25.0 Å². The van der Waals surface area contributed by atoms with E-state index in [1.54, 1.807) is 18.2 Å². The highest BCUT2D eigenvalue weighted by Crippen LogP contribution is 2.33. The summed E-state index contributed by atoms with van der Waals surface area (Å²) in [6.45, 7) is -1.57. The molecule has 0 aromatic heterocycles. The maximum absolute atomic E-state index is 12.0. The van der Waals surface area contributed by atoms with Crippen LogP contribution in [-0.2, 0) is 15.9 Å². The van der Waals surface area contributed by atoms with E-state index >= 15 is 0 Å². The molecule has 32 heavy (non-hydrogen) atoms. The first-order valence-corrected chi connectivity index (χ1v) is 10.7. The van der Waals surface area contributed by atoms with Gasteiger partial charge in [0.15, 0.2) is 0 Å². The average Bonchev–Trinajstić information content (AvgIpc) is 2.75. The van der Waals surface area contributed by atoms with E-state index in [0.717, 1.165) is 16.7 Å². The molecule has 0 bridgehead atoms. The van der Waals surface area contributed by atoms with Crippen LogP contribution in [-0.4, -0.2) is 55.0 Å². The SMILES string of the molecule is OC[C@@H]1C[C@H](O)C[C@H](c2ccc(Cl)c(Cc3ccc(OCCOCC(F)(F)F)cc3)c2)O1. The maximum atomic E-state index is 12.0. The summed E-state index contributed by atoms with van der Waals surface area (Å²) < 4.78 is 51.9. The number of hydrogen-bond acceptors (Lipinski definition) is 5. The topological polar surface area (TPSA) is 68.2 Å². The normalized spacial score (nSPS) is 21.5. The molecule has 2 N–H and O–H groups in total. The Bertz CT molecular complexity index is 860. The summed E-state index contributed by atoms with van der Waals surface area (Å²) in [5.41, 5.74) is 2.76. The highest BCUT2D eigenvalue weighted by molar-refractivity contribution is 6.31. The summed E-state index contributed by atoms with van der Waals surface area (Å²) in [5, 5.41) is 20.1. The van der Waals surface area contributed by atoms with Crippen LogP contribution in [0.4, 0.5) is 13.2 Å². The van der Waals surface area contributed by atoms with Crippen molar-refractivity contribution in [3.05, 3.63) is 64.2 Å². The molecule has 1 aliphatic heterocycles. The molecular formula is C23H26ClF3O5. The summed E-state index contributed by atoms with van der Waals surface area (Å²) in [7, 11) is 0. The van der Waals surface area contributed by atoms with Gasteiger partial charge in [-0.05, 0) is 41.3 Å². The molecule has 0 radical (unpaired) electrons. The standard InChI is InChI=1S/C23H26ClF3O5/c24-21-6-3-16(22-12-18(29)11-20(13-28)32-22)10-17(21)9-15-1-4-19(5-2-15)31-8-7-30-14-23(25,26)27/h1-6,10,18,20,22,28-29H,7-9,11-14H2/t18-,20-,22+/m0/s1. The molecule has 1 fully saturated rings. The van der Waals surface area contributed by atoms with E-state index in [2.05, 4.69) is 4.74 Å². The first kappa shape index (κ1) is 24.8. The second-order valence-corrected chi connectivity index (χ2v) is 8.15. The van der Waals surface area contributed by atoms with Gasteiger partial charge in [0.2, 0.25) is 0 Å². The zero-order valence-corrected chi connectivity index (χ0v) is 18.1. The molecule has 5 nitrogen and oxygen atoms in total. The van der Waals surface area contributed by atoms with Gasteiger partial charge in [0.25, 0.3) is 0 Å². The predicted molar refractivity (Wildman–Crippen MR) is 113 cm³/mol. The number of alkyl halides is 3. The monoisotopic (exact) mass is 474 g/mol. The van der Waals surface area contributed by atoms with Gasteiger partial charge >= 0.3 is 6.18 Å². The molecule has 9 heteroatoms. The van der Waals surface area contributed by atoms with Crippen LogP contribution in [0.15, 0.2) is 42.5 Å². The molecular weight excluding hydrogens is 449 g/mol.